The van der Waals surface area contributed by atoms with Gasteiger partial charge in [-0.3, -0.25) is 4.79 Å². The summed E-state index contributed by atoms with van der Waals surface area (Å²) in [4.78, 5) is 11.9. The molecule has 100 valence electrons. The van der Waals surface area contributed by atoms with Gasteiger partial charge in [0.15, 0.2) is 0 Å². The predicted octanol–water partition coefficient (Wildman–Crippen LogP) is 4.06. The van der Waals surface area contributed by atoms with E-state index in [-0.39, 0.29) is 11.5 Å². The number of rotatable bonds is 1. The van der Waals surface area contributed by atoms with Crippen LogP contribution in [0, 0.1) is 15.2 Å². The Morgan fingerprint density at radius 1 is 1.10 bits per heavy atom. The van der Waals surface area contributed by atoms with Crippen molar-refractivity contribution < 1.29 is 13.6 Å². The molecular formula is C15H8F2INO. The molecule has 0 unspecified atom stereocenters. The van der Waals surface area contributed by atoms with Crippen LogP contribution in [0.2, 0.25) is 0 Å². The normalized spacial score (nSPS) is 15.3. The lowest BCUT2D eigenvalue weighted by molar-refractivity contribution is -0.110. The number of carbonyl (C=O) groups is 1. The smallest absolute Gasteiger partial charge is 0.256 e. The molecule has 0 radical (unpaired) electrons. The molecule has 1 N–H and O–H groups in total. The minimum absolute atomic E-state index is 0.184. The summed E-state index contributed by atoms with van der Waals surface area (Å²) >= 11 is 2.14. The third-order valence-electron chi connectivity index (χ3n) is 3.03. The van der Waals surface area contributed by atoms with Crippen molar-refractivity contribution in [2.45, 2.75) is 0 Å². The molecule has 0 fully saturated rings. The highest BCUT2D eigenvalue weighted by Crippen LogP contribution is 2.34. The highest BCUT2D eigenvalue weighted by atomic mass is 127. The second kappa shape index (κ2) is 4.97. The standard InChI is InChI=1S/C15H8F2INO/c16-9-2-1-8(13(17)6-9)5-12-11-7-10(18)3-4-14(11)19-15(12)20/h1-7H,(H,19,20). The third kappa shape index (κ3) is 2.33. The van der Waals surface area contributed by atoms with Crippen molar-refractivity contribution in [3.8, 4) is 0 Å². The molecule has 0 spiro atoms. The van der Waals surface area contributed by atoms with Crippen LogP contribution >= 0.6 is 22.6 Å². The van der Waals surface area contributed by atoms with Crippen LogP contribution in [-0.4, -0.2) is 5.91 Å². The van der Waals surface area contributed by atoms with Crippen molar-refractivity contribution in [2.24, 2.45) is 0 Å². The van der Waals surface area contributed by atoms with Gasteiger partial charge in [0, 0.05) is 32.0 Å². The van der Waals surface area contributed by atoms with Crippen LogP contribution in [0.1, 0.15) is 11.1 Å². The molecule has 1 aliphatic heterocycles. The van der Waals surface area contributed by atoms with Crippen LogP contribution in [0.5, 0.6) is 0 Å². The Labute approximate surface area is 127 Å². The Balaban J connectivity index is 2.13. The van der Waals surface area contributed by atoms with E-state index in [0.717, 1.165) is 21.3 Å². The molecule has 5 heteroatoms. The lowest BCUT2D eigenvalue weighted by Gasteiger charge is -2.01. The molecule has 20 heavy (non-hydrogen) atoms. The molecule has 0 aliphatic carbocycles. The van der Waals surface area contributed by atoms with Gasteiger partial charge in [-0.05, 0) is 59.0 Å². The Morgan fingerprint density at radius 3 is 2.65 bits per heavy atom. The van der Waals surface area contributed by atoms with E-state index in [1.807, 2.05) is 12.1 Å². The van der Waals surface area contributed by atoms with Crippen molar-refractivity contribution in [3.63, 3.8) is 0 Å². The maximum Gasteiger partial charge on any atom is 0.256 e. The van der Waals surface area contributed by atoms with E-state index in [4.69, 9.17) is 0 Å². The third-order valence-corrected chi connectivity index (χ3v) is 3.70. The summed E-state index contributed by atoms with van der Waals surface area (Å²) in [6.07, 6.45) is 1.44. The van der Waals surface area contributed by atoms with Gasteiger partial charge in [-0.1, -0.05) is 0 Å². The highest BCUT2D eigenvalue weighted by Gasteiger charge is 2.24. The van der Waals surface area contributed by atoms with Crippen molar-refractivity contribution in [1.29, 1.82) is 0 Å². The first-order valence-corrected chi connectivity index (χ1v) is 6.90. The van der Waals surface area contributed by atoms with E-state index < -0.39 is 11.6 Å². The van der Waals surface area contributed by atoms with Crippen LogP contribution in [0.25, 0.3) is 11.6 Å². The fourth-order valence-corrected chi connectivity index (χ4v) is 2.57. The summed E-state index contributed by atoms with van der Waals surface area (Å²) in [6.45, 7) is 0. The summed E-state index contributed by atoms with van der Waals surface area (Å²) < 4.78 is 27.5. The van der Waals surface area contributed by atoms with Gasteiger partial charge in [-0.2, -0.15) is 0 Å². The van der Waals surface area contributed by atoms with E-state index in [2.05, 4.69) is 27.9 Å². The summed E-state index contributed by atoms with van der Waals surface area (Å²) in [7, 11) is 0. The van der Waals surface area contributed by atoms with Crippen molar-refractivity contribution in [1.82, 2.24) is 0 Å². The van der Waals surface area contributed by atoms with E-state index in [9.17, 15) is 13.6 Å². The molecule has 3 rings (SSSR count). The van der Waals surface area contributed by atoms with Gasteiger partial charge >= 0.3 is 0 Å². The van der Waals surface area contributed by atoms with Gasteiger partial charge in [-0.15, -0.1) is 0 Å². The van der Waals surface area contributed by atoms with E-state index in [1.165, 1.54) is 12.1 Å². The van der Waals surface area contributed by atoms with Crippen molar-refractivity contribution >= 4 is 45.8 Å². The first-order chi connectivity index (χ1) is 9.54. The summed E-state index contributed by atoms with van der Waals surface area (Å²) in [5.74, 6) is -1.62. The number of hydrogen-bond acceptors (Lipinski definition) is 1. The average Bonchev–Trinajstić information content (AvgIpc) is 2.69. The lowest BCUT2D eigenvalue weighted by Crippen LogP contribution is -2.03. The maximum atomic E-state index is 13.7. The Morgan fingerprint density at radius 2 is 1.90 bits per heavy atom. The summed E-state index contributed by atoms with van der Waals surface area (Å²) in [6, 6.07) is 8.81. The molecule has 1 aliphatic rings. The maximum absolute atomic E-state index is 13.7. The topological polar surface area (TPSA) is 29.1 Å². The van der Waals surface area contributed by atoms with Gasteiger partial charge in [0.2, 0.25) is 0 Å². The number of halogens is 3. The molecule has 2 aromatic rings. The summed E-state index contributed by atoms with van der Waals surface area (Å²) in [5.41, 5.74) is 1.99. The van der Waals surface area contributed by atoms with Crippen LogP contribution < -0.4 is 5.32 Å². The molecule has 2 aromatic carbocycles. The van der Waals surface area contributed by atoms with E-state index >= 15 is 0 Å². The van der Waals surface area contributed by atoms with Crippen molar-refractivity contribution in [3.05, 3.63) is 62.7 Å². The second-order valence-corrected chi connectivity index (χ2v) is 5.61. The Hall–Kier alpha value is -1.76. The quantitative estimate of drug-likeness (QED) is 0.584. The predicted molar refractivity (Wildman–Crippen MR) is 82.0 cm³/mol. The molecule has 0 aromatic heterocycles. The SMILES string of the molecule is O=C1Nc2ccc(I)cc2C1=Cc1ccc(F)cc1F. The fourth-order valence-electron chi connectivity index (χ4n) is 2.08. The molecule has 0 atom stereocenters. The summed E-state index contributed by atoms with van der Waals surface area (Å²) in [5, 5.41) is 2.72. The van der Waals surface area contributed by atoms with Crippen LogP contribution in [-0.2, 0) is 4.79 Å². The fraction of sp³-hybridized carbons (Fsp3) is 0. The Bertz CT molecular complexity index is 756. The minimum Gasteiger partial charge on any atom is -0.321 e. The van der Waals surface area contributed by atoms with E-state index in [1.54, 1.807) is 6.07 Å². The zero-order valence-electron chi connectivity index (χ0n) is 10.1. The molecule has 0 bridgehead atoms. The second-order valence-electron chi connectivity index (χ2n) is 4.37. The zero-order valence-corrected chi connectivity index (χ0v) is 12.2. The largest absolute Gasteiger partial charge is 0.321 e. The number of anilines is 1. The minimum atomic E-state index is -0.690. The lowest BCUT2D eigenvalue weighted by atomic mass is 10.0. The van der Waals surface area contributed by atoms with Crippen LogP contribution in [0.15, 0.2) is 36.4 Å². The van der Waals surface area contributed by atoms with Crippen LogP contribution in [0.3, 0.4) is 0 Å². The first-order valence-electron chi connectivity index (χ1n) is 5.82. The van der Waals surface area contributed by atoms with Crippen molar-refractivity contribution in [2.75, 3.05) is 5.32 Å². The highest BCUT2D eigenvalue weighted by molar-refractivity contribution is 14.1. The number of nitrogens with one attached hydrogen (secondary N) is 1. The molecule has 1 heterocycles. The average molecular weight is 383 g/mol. The molecule has 0 saturated carbocycles. The number of amides is 1. The monoisotopic (exact) mass is 383 g/mol. The van der Waals surface area contributed by atoms with Crippen LogP contribution in [0.4, 0.5) is 14.5 Å². The zero-order chi connectivity index (χ0) is 14.3. The van der Waals surface area contributed by atoms with Gasteiger partial charge in [0.1, 0.15) is 11.6 Å². The molecular weight excluding hydrogens is 375 g/mol. The molecule has 2 nitrogen and oxygen atoms in total. The van der Waals surface area contributed by atoms with Gasteiger partial charge in [0.25, 0.3) is 5.91 Å². The number of fused-ring (bicyclic) bond motifs is 1. The number of hydrogen-bond donors (Lipinski definition) is 1. The van der Waals surface area contributed by atoms with Gasteiger partial charge in [0.05, 0.1) is 0 Å². The van der Waals surface area contributed by atoms with E-state index in [0.29, 0.717) is 11.3 Å². The Kier molecular flexibility index (Phi) is 3.29. The van der Waals surface area contributed by atoms with Gasteiger partial charge < -0.3 is 5.32 Å². The molecule has 0 saturated heterocycles. The first kappa shape index (κ1) is 13.2. The van der Waals surface area contributed by atoms with Gasteiger partial charge in [-0.25, -0.2) is 8.78 Å². The number of benzene rings is 2. The number of carbonyl (C=O) groups excluding carboxylic acids is 1. The molecule has 1 amide bonds.